The summed E-state index contributed by atoms with van der Waals surface area (Å²) in [5.41, 5.74) is 4.34. The predicted octanol–water partition coefficient (Wildman–Crippen LogP) is 4.57. The molecule has 172 valence electrons. The Kier molecular flexibility index (Phi) is 4.94. The molecule has 0 atom stereocenters. The number of benzene rings is 2. The van der Waals surface area contributed by atoms with Crippen molar-refractivity contribution in [2.45, 2.75) is 46.2 Å². The molecule has 6 rings (SSSR count). The zero-order valence-corrected chi connectivity index (χ0v) is 19.2. The summed E-state index contributed by atoms with van der Waals surface area (Å²) < 4.78 is 14.8. The van der Waals surface area contributed by atoms with Crippen LogP contribution < -0.4 is 15.0 Å². The van der Waals surface area contributed by atoms with Gasteiger partial charge in [-0.3, -0.25) is 9.36 Å². The molecule has 0 unspecified atom stereocenters. The highest BCUT2D eigenvalue weighted by Gasteiger charge is 2.22. The molecule has 0 bridgehead atoms. The number of fused-ring (bicyclic) bond motifs is 5. The van der Waals surface area contributed by atoms with Crippen molar-refractivity contribution in [3.05, 3.63) is 64.2 Å². The lowest BCUT2D eigenvalue weighted by molar-refractivity contribution is 0.174. The van der Waals surface area contributed by atoms with Crippen LogP contribution >= 0.6 is 0 Å². The lowest BCUT2D eigenvalue weighted by atomic mass is 10.2. The Bertz CT molecular complexity index is 1620. The molecule has 3 aromatic heterocycles. The molecular formula is C26H25N5O3. The van der Waals surface area contributed by atoms with Gasteiger partial charge in [0.1, 0.15) is 16.7 Å². The van der Waals surface area contributed by atoms with Gasteiger partial charge in [0.05, 0.1) is 17.6 Å². The Morgan fingerprint density at radius 1 is 0.912 bits per heavy atom. The third kappa shape index (κ3) is 3.29. The smallest absolute Gasteiger partial charge is 0.265 e. The number of hydrogen-bond donors (Lipinski definition) is 0. The van der Waals surface area contributed by atoms with Gasteiger partial charge in [-0.1, -0.05) is 38.0 Å². The summed E-state index contributed by atoms with van der Waals surface area (Å²) >= 11 is 0. The maximum absolute atomic E-state index is 13.7. The minimum absolute atomic E-state index is 0.0578. The van der Waals surface area contributed by atoms with Crippen LogP contribution in [-0.4, -0.2) is 30.9 Å². The van der Waals surface area contributed by atoms with Gasteiger partial charge in [-0.2, -0.15) is 0 Å². The fraction of sp³-hybridized carbons (Fsp3) is 0.308. The lowest BCUT2D eigenvalue weighted by Gasteiger charge is -2.11. The van der Waals surface area contributed by atoms with Crippen LogP contribution in [-0.2, 0) is 13.1 Å². The summed E-state index contributed by atoms with van der Waals surface area (Å²) in [6.07, 6.45) is 3.10. The summed E-state index contributed by atoms with van der Waals surface area (Å²) in [6.45, 7) is 5.41. The first-order valence-corrected chi connectivity index (χ1v) is 11.7. The van der Waals surface area contributed by atoms with E-state index in [2.05, 4.69) is 6.92 Å². The maximum Gasteiger partial charge on any atom is 0.265 e. The highest BCUT2D eigenvalue weighted by molar-refractivity contribution is 6.04. The molecule has 0 saturated carbocycles. The van der Waals surface area contributed by atoms with E-state index in [1.54, 1.807) is 4.57 Å². The molecule has 5 aromatic rings. The van der Waals surface area contributed by atoms with Crippen molar-refractivity contribution in [3.8, 4) is 11.5 Å². The highest BCUT2D eigenvalue weighted by atomic mass is 16.7. The van der Waals surface area contributed by atoms with Crippen LogP contribution in [0.4, 0.5) is 0 Å². The van der Waals surface area contributed by atoms with E-state index < -0.39 is 0 Å². The standard InChI is InChI=1S/C26H25N5O3/c1-3-4-7-12-30-16(2)27-24-22(26(30)32)23-25(29-19-9-6-5-8-18(19)28-23)31(24)14-17-10-11-20-21(13-17)34-15-33-20/h5-6,8-11,13H,3-4,7,12,14-15H2,1-2H3. The summed E-state index contributed by atoms with van der Waals surface area (Å²) in [4.78, 5) is 28.4. The molecule has 0 N–H and O–H groups in total. The monoisotopic (exact) mass is 455 g/mol. The molecule has 8 heteroatoms. The van der Waals surface area contributed by atoms with Gasteiger partial charge in [-0.15, -0.1) is 0 Å². The van der Waals surface area contributed by atoms with E-state index >= 15 is 0 Å². The minimum atomic E-state index is -0.0578. The Hall–Kier alpha value is -3.94. The predicted molar refractivity (Wildman–Crippen MR) is 131 cm³/mol. The molecule has 2 aromatic carbocycles. The average molecular weight is 456 g/mol. The third-order valence-corrected chi connectivity index (χ3v) is 6.40. The van der Waals surface area contributed by atoms with E-state index in [1.807, 2.05) is 54.0 Å². The maximum atomic E-state index is 13.7. The van der Waals surface area contributed by atoms with Crippen LogP contribution in [0.1, 0.15) is 37.6 Å². The molecule has 0 aliphatic carbocycles. The second-order valence-corrected chi connectivity index (χ2v) is 8.68. The van der Waals surface area contributed by atoms with E-state index in [0.717, 1.165) is 47.4 Å². The molecule has 0 amide bonds. The normalized spacial score (nSPS) is 12.9. The SMILES string of the molecule is CCCCCn1c(C)nc2c(c1=O)c1nc3ccccc3nc1n2Cc1ccc2c(c1)OCO2. The zero-order valence-electron chi connectivity index (χ0n) is 19.2. The van der Waals surface area contributed by atoms with Crippen molar-refractivity contribution in [3.63, 3.8) is 0 Å². The van der Waals surface area contributed by atoms with Crippen LogP contribution in [0.3, 0.4) is 0 Å². The second kappa shape index (κ2) is 8.13. The molecule has 0 radical (unpaired) electrons. The van der Waals surface area contributed by atoms with E-state index in [0.29, 0.717) is 41.1 Å². The number of aryl methyl sites for hydroxylation is 1. The largest absolute Gasteiger partial charge is 0.454 e. The van der Waals surface area contributed by atoms with Crippen LogP contribution in [0, 0.1) is 6.92 Å². The number of nitrogens with zero attached hydrogens (tertiary/aromatic N) is 5. The molecule has 34 heavy (non-hydrogen) atoms. The van der Waals surface area contributed by atoms with Crippen molar-refractivity contribution < 1.29 is 9.47 Å². The van der Waals surface area contributed by atoms with Gasteiger partial charge in [0.15, 0.2) is 22.8 Å². The number of hydrogen-bond acceptors (Lipinski definition) is 6. The quantitative estimate of drug-likeness (QED) is 0.349. The first-order valence-electron chi connectivity index (χ1n) is 11.7. The van der Waals surface area contributed by atoms with Gasteiger partial charge in [0.25, 0.3) is 5.56 Å². The summed E-state index contributed by atoms with van der Waals surface area (Å²) in [7, 11) is 0. The Balaban J connectivity index is 1.60. The molecule has 0 saturated heterocycles. The van der Waals surface area contributed by atoms with Gasteiger partial charge in [0, 0.05) is 6.54 Å². The number of aromatic nitrogens is 5. The van der Waals surface area contributed by atoms with Crippen molar-refractivity contribution in [2.24, 2.45) is 0 Å². The second-order valence-electron chi connectivity index (χ2n) is 8.68. The molecule has 1 aliphatic rings. The van der Waals surface area contributed by atoms with Crippen molar-refractivity contribution >= 4 is 33.2 Å². The number of para-hydroxylation sites is 2. The lowest BCUT2D eigenvalue weighted by Crippen LogP contribution is -2.24. The number of ether oxygens (including phenoxy) is 2. The molecule has 1 aliphatic heterocycles. The molecular weight excluding hydrogens is 430 g/mol. The van der Waals surface area contributed by atoms with Gasteiger partial charge in [-0.05, 0) is 43.2 Å². The number of unbranched alkanes of at least 4 members (excludes halogenated alkanes) is 2. The van der Waals surface area contributed by atoms with Crippen molar-refractivity contribution in [1.29, 1.82) is 0 Å². The Morgan fingerprint density at radius 2 is 1.71 bits per heavy atom. The van der Waals surface area contributed by atoms with E-state index in [-0.39, 0.29) is 12.4 Å². The number of rotatable bonds is 6. The van der Waals surface area contributed by atoms with E-state index in [9.17, 15) is 4.79 Å². The van der Waals surface area contributed by atoms with Crippen LogP contribution in [0.5, 0.6) is 11.5 Å². The fourth-order valence-corrected chi connectivity index (χ4v) is 4.65. The Labute approximate surface area is 195 Å². The summed E-state index contributed by atoms with van der Waals surface area (Å²) in [5, 5.41) is 0.524. The molecule has 4 heterocycles. The zero-order chi connectivity index (χ0) is 23.2. The van der Waals surface area contributed by atoms with E-state index in [4.69, 9.17) is 24.4 Å². The van der Waals surface area contributed by atoms with Crippen molar-refractivity contribution in [1.82, 2.24) is 24.1 Å². The van der Waals surface area contributed by atoms with Gasteiger partial charge in [0.2, 0.25) is 6.79 Å². The molecule has 8 nitrogen and oxygen atoms in total. The molecule has 0 fully saturated rings. The fourth-order valence-electron chi connectivity index (χ4n) is 4.65. The first kappa shape index (κ1) is 20.7. The van der Waals surface area contributed by atoms with Gasteiger partial charge in [-0.25, -0.2) is 15.0 Å². The van der Waals surface area contributed by atoms with Gasteiger partial charge >= 0.3 is 0 Å². The van der Waals surface area contributed by atoms with Crippen molar-refractivity contribution in [2.75, 3.05) is 6.79 Å². The average Bonchev–Trinajstić information content (AvgIpc) is 3.42. The van der Waals surface area contributed by atoms with Gasteiger partial charge < -0.3 is 14.0 Å². The minimum Gasteiger partial charge on any atom is -0.454 e. The highest BCUT2D eigenvalue weighted by Crippen LogP contribution is 2.33. The first-order chi connectivity index (χ1) is 16.6. The van der Waals surface area contributed by atoms with Crippen LogP contribution in [0.15, 0.2) is 47.3 Å². The third-order valence-electron chi connectivity index (χ3n) is 6.40. The van der Waals surface area contributed by atoms with E-state index in [1.165, 1.54) is 0 Å². The summed E-state index contributed by atoms with van der Waals surface area (Å²) in [6, 6.07) is 13.6. The van der Waals surface area contributed by atoms with Crippen LogP contribution in [0.25, 0.3) is 33.2 Å². The Morgan fingerprint density at radius 3 is 2.53 bits per heavy atom. The van der Waals surface area contributed by atoms with Crippen LogP contribution in [0.2, 0.25) is 0 Å². The topological polar surface area (TPSA) is 84.1 Å². The summed E-state index contributed by atoms with van der Waals surface area (Å²) in [5.74, 6) is 2.16. The molecule has 0 spiro atoms.